The smallest absolute Gasteiger partial charge is 0.158 e. The van der Waals surface area contributed by atoms with E-state index in [9.17, 15) is 0 Å². The van der Waals surface area contributed by atoms with Gasteiger partial charge in [-0.3, -0.25) is 0 Å². The minimum Gasteiger partial charge on any atom is -0.393 e. The number of nitrogen functional groups attached to an aromatic ring is 1. The van der Waals surface area contributed by atoms with Crippen LogP contribution in [0.1, 0.15) is 13.8 Å². The molecule has 1 saturated heterocycles. The van der Waals surface area contributed by atoms with Crippen LogP contribution in [0.2, 0.25) is 5.15 Å². The molecule has 0 spiro atoms. The van der Waals surface area contributed by atoms with Crippen molar-refractivity contribution >= 4 is 40.2 Å². The summed E-state index contributed by atoms with van der Waals surface area (Å²) in [7, 11) is 2.09. The van der Waals surface area contributed by atoms with Crippen LogP contribution < -0.4 is 21.3 Å². The third kappa shape index (κ3) is 5.34. The number of hydrogen-bond donors (Lipinski definition) is 3. The highest BCUT2D eigenvalue weighted by atomic mass is 35.5. The van der Waals surface area contributed by atoms with Gasteiger partial charge < -0.3 is 26.2 Å². The number of hydrogen-bond acceptors (Lipinski definition) is 7. The Balaban J connectivity index is 1.71. The van der Waals surface area contributed by atoms with E-state index in [2.05, 4.69) is 51.3 Å². The van der Waals surface area contributed by atoms with Crippen molar-refractivity contribution in [3.05, 3.63) is 53.7 Å². The van der Waals surface area contributed by atoms with Gasteiger partial charge in [0.1, 0.15) is 17.7 Å². The first-order valence-electron chi connectivity index (χ1n) is 11.5. The van der Waals surface area contributed by atoms with E-state index in [0.717, 1.165) is 49.7 Å². The number of nitrogens with zero attached hydrogens (tertiary/aromatic N) is 4. The number of anilines is 5. The average Bonchev–Trinajstić information content (AvgIpc) is 2.83. The molecule has 4 rings (SSSR count). The number of piperazine rings is 1. The molecule has 2 heterocycles. The number of aromatic nitrogens is 2. The molecule has 4 N–H and O–H groups in total. The first kappa shape index (κ1) is 24.0. The molecule has 180 valence electrons. The third-order valence-electron chi connectivity index (χ3n) is 5.95. The molecule has 34 heavy (non-hydrogen) atoms. The quantitative estimate of drug-likeness (QED) is 0.404. The lowest BCUT2D eigenvalue weighted by atomic mass is 10.0. The maximum atomic E-state index is 16.1. The van der Waals surface area contributed by atoms with Crippen molar-refractivity contribution in [2.45, 2.75) is 13.8 Å². The Morgan fingerprint density at radius 3 is 2.44 bits per heavy atom. The van der Waals surface area contributed by atoms with E-state index in [-0.39, 0.29) is 22.5 Å². The van der Waals surface area contributed by atoms with Gasteiger partial charge in [-0.05, 0) is 42.8 Å². The SMILES string of the molecule is CC(C)CNc1ccc(-c2ccc(N3CCN(C)CC3)c(Nc3ncnc(Cl)c3N)c2F)cc1. The van der Waals surface area contributed by atoms with Gasteiger partial charge in [0.15, 0.2) is 16.8 Å². The van der Waals surface area contributed by atoms with Gasteiger partial charge in [-0.1, -0.05) is 37.6 Å². The van der Waals surface area contributed by atoms with Gasteiger partial charge >= 0.3 is 0 Å². The Morgan fingerprint density at radius 2 is 1.76 bits per heavy atom. The van der Waals surface area contributed by atoms with Gasteiger partial charge in [-0.15, -0.1) is 0 Å². The standard InChI is InChI=1S/C25H31ClFN7/c1-16(2)14-29-18-6-4-17(5-7-18)19-8-9-20(34-12-10-33(3)11-13-34)23(21(19)27)32-25-22(28)24(26)30-15-31-25/h4-9,15-16,29H,10-14,28H2,1-3H3,(H,30,31,32). The number of rotatable bonds is 7. The summed E-state index contributed by atoms with van der Waals surface area (Å²) in [6, 6.07) is 11.6. The van der Waals surface area contributed by atoms with E-state index in [1.807, 2.05) is 36.4 Å². The van der Waals surface area contributed by atoms with Crippen LogP contribution in [0.25, 0.3) is 11.1 Å². The number of nitrogens with two attached hydrogens (primary N) is 1. The van der Waals surface area contributed by atoms with E-state index in [1.165, 1.54) is 6.33 Å². The van der Waals surface area contributed by atoms with Crippen LogP contribution in [0.4, 0.5) is 33.0 Å². The first-order chi connectivity index (χ1) is 16.3. The summed E-state index contributed by atoms with van der Waals surface area (Å²) in [4.78, 5) is 12.5. The predicted octanol–water partition coefficient (Wildman–Crippen LogP) is 5.08. The van der Waals surface area contributed by atoms with Crippen LogP contribution >= 0.6 is 11.6 Å². The molecule has 0 bridgehead atoms. The van der Waals surface area contributed by atoms with Crippen molar-refractivity contribution in [3.8, 4) is 11.1 Å². The van der Waals surface area contributed by atoms with Gasteiger partial charge in [0, 0.05) is 44.0 Å². The Bertz CT molecular complexity index is 1130. The van der Waals surface area contributed by atoms with Crippen LogP contribution in [0.3, 0.4) is 0 Å². The fourth-order valence-corrected chi connectivity index (χ4v) is 4.03. The van der Waals surface area contributed by atoms with Crippen LogP contribution in [0.5, 0.6) is 0 Å². The van der Waals surface area contributed by atoms with Gasteiger partial charge in [0.25, 0.3) is 0 Å². The van der Waals surface area contributed by atoms with Gasteiger partial charge in [0.05, 0.1) is 5.69 Å². The van der Waals surface area contributed by atoms with E-state index >= 15 is 4.39 Å². The van der Waals surface area contributed by atoms with Crippen molar-refractivity contribution in [2.24, 2.45) is 5.92 Å². The summed E-state index contributed by atoms with van der Waals surface area (Å²) in [6.45, 7) is 8.57. The lowest BCUT2D eigenvalue weighted by Crippen LogP contribution is -2.44. The summed E-state index contributed by atoms with van der Waals surface area (Å²) in [5.74, 6) is 0.448. The highest BCUT2D eigenvalue weighted by Crippen LogP contribution is 2.39. The zero-order valence-corrected chi connectivity index (χ0v) is 20.5. The number of benzene rings is 2. The molecule has 1 aliphatic heterocycles. The zero-order valence-electron chi connectivity index (χ0n) is 19.8. The lowest BCUT2D eigenvalue weighted by molar-refractivity contribution is 0.313. The zero-order chi connectivity index (χ0) is 24.2. The molecule has 0 atom stereocenters. The van der Waals surface area contributed by atoms with Crippen molar-refractivity contribution in [3.63, 3.8) is 0 Å². The number of halogens is 2. The molecular formula is C25H31ClFN7. The van der Waals surface area contributed by atoms with E-state index in [4.69, 9.17) is 17.3 Å². The van der Waals surface area contributed by atoms with Crippen molar-refractivity contribution in [1.29, 1.82) is 0 Å². The van der Waals surface area contributed by atoms with Crippen molar-refractivity contribution < 1.29 is 4.39 Å². The molecule has 9 heteroatoms. The molecule has 0 aliphatic carbocycles. The minimum absolute atomic E-state index is 0.125. The Kier molecular flexibility index (Phi) is 7.38. The second kappa shape index (κ2) is 10.4. The molecule has 3 aromatic rings. The first-order valence-corrected chi connectivity index (χ1v) is 11.8. The molecule has 7 nitrogen and oxygen atoms in total. The monoisotopic (exact) mass is 483 g/mol. The van der Waals surface area contributed by atoms with E-state index in [1.54, 1.807) is 0 Å². The average molecular weight is 484 g/mol. The maximum absolute atomic E-state index is 16.1. The second-order valence-corrected chi connectivity index (χ2v) is 9.37. The minimum atomic E-state index is -0.367. The predicted molar refractivity (Wildman–Crippen MR) is 140 cm³/mol. The molecule has 0 radical (unpaired) electrons. The van der Waals surface area contributed by atoms with Gasteiger partial charge in [0.2, 0.25) is 0 Å². The van der Waals surface area contributed by atoms with Crippen molar-refractivity contribution in [1.82, 2.24) is 14.9 Å². The van der Waals surface area contributed by atoms with Crippen LogP contribution in [-0.2, 0) is 0 Å². The van der Waals surface area contributed by atoms with Crippen LogP contribution in [0, 0.1) is 11.7 Å². The topological polar surface area (TPSA) is 82.3 Å². The molecule has 1 aliphatic rings. The van der Waals surface area contributed by atoms with E-state index < -0.39 is 0 Å². The highest BCUT2D eigenvalue weighted by molar-refractivity contribution is 6.32. The van der Waals surface area contributed by atoms with Crippen LogP contribution in [0.15, 0.2) is 42.7 Å². The fraction of sp³-hybridized carbons (Fsp3) is 0.360. The maximum Gasteiger partial charge on any atom is 0.158 e. The van der Waals surface area contributed by atoms with E-state index in [0.29, 0.717) is 17.2 Å². The fourth-order valence-electron chi connectivity index (χ4n) is 3.90. The number of nitrogens with one attached hydrogen (secondary N) is 2. The molecule has 1 aromatic heterocycles. The normalized spacial score (nSPS) is 14.5. The summed E-state index contributed by atoms with van der Waals surface area (Å²) in [6.07, 6.45) is 1.31. The summed E-state index contributed by atoms with van der Waals surface area (Å²) >= 11 is 6.08. The Labute approximate surface area is 205 Å². The Morgan fingerprint density at radius 1 is 1.06 bits per heavy atom. The molecule has 0 amide bonds. The summed E-state index contributed by atoms with van der Waals surface area (Å²) in [5.41, 5.74) is 9.63. The highest BCUT2D eigenvalue weighted by Gasteiger charge is 2.23. The summed E-state index contributed by atoms with van der Waals surface area (Å²) < 4.78 is 16.1. The Hall–Kier alpha value is -3.10. The lowest BCUT2D eigenvalue weighted by Gasteiger charge is -2.35. The molecule has 0 saturated carbocycles. The molecule has 0 unspecified atom stereocenters. The van der Waals surface area contributed by atoms with Gasteiger partial charge in [-0.2, -0.15) is 0 Å². The molecule has 1 fully saturated rings. The second-order valence-electron chi connectivity index (χ2n) is 9.02. The molecular weight excluding hydrogens is 453 g/mol. The van der Waals surface area contributed by atoms with Crippen LogP contribution in [-0.4, -0.2) is 54.6 Å². The van der Waals surface area contributed by atoms with Crippen molar-refractivity contribution in [2.75, 3.05) is 61.0 Å². The largest absolute Gasteiger partial charge is 0.393 e. The number of likely N-dealkylation sites (N-methyl/N-ethyl adjacent to an activating group) is 1. The third-order valence-corrected chi connectivity index (χ3v) is 6.25. The van der Waals surface area contributed by atoms with Gasteiger partial charge in [-0.25, -0.2) is 14.4 Å². The molecule has 2 aromatic carbocycles. The summed E-state index contributed by atoms with van der Waals surface area (Å²) in [5, 5.41) is 6.63.